The summed E-state index contributed by atoms with van der Waals surface area (Å²) in [5, 5.41) is 11.3. The van der Waals surface area contributed by atoms with Crippen LogP contribution >= 0.6 is 0 Å². The zero-order valence-electron chi connectivity index (χ0n) is 16.6. The van der Waals surface area contributed by atoms with Crippen LogP contribution in [0.25, 0.3) is 0 Å². The minimum Gasteiger partial charge on any atom is -0.487 e. The summed E-state index contributed by atoms with van der Waals surface area (Å²) in [5.74, 6) is 0.412. The Labute approximate surface area is 170 Å². The first-order chi connectivity index (χ1) is 14.0. The van der Waals surface area contributed by atoms with Gasteiger partial charge in [0.1, 0.15) is 0 Å². The second-order valence-electron chi connectivity index (χ2n) is 7.97. The van der Waals surface area contributed by atoms with Gasteiger partial charge >= 0.3 is 5.69 Å². The van der Waals surface area contributed by atoms with Crippen LogP contribution in [-0.2, 0) is 4.79 Å². The van der Waals surface area contributed by atoms with Crippen molar-refractivity contribution in [3.05, 3.63) is 33.9 Å². The van der Waals surface area contributed by atoms with Gasteiger partial charge in [0.25, 0.3) is 0 Å². The molecule has 1 aromatic carbocycles. The number of rotatable bonds is 9. The molecular weight excluding hydrogens is 374 g/mol. The standard InChI is InChI=1S/C21H29N3O5/c22-21(26)18(23-12-4-8-15-6-1-2-9-17(15)23)10-5-13-29-19-11-3-7-16(14-25)20(19)24(27)28/h3,7,11,14-15,17-18H,1-2,4-6,8-10,12-13H2,(H2,22,26). The number of amides is 1. The summed E-state index contributed by atoms with van der Waals surface area (Å²) < 4.78 is 5.59. The molecule has 1 aliphatic heterocycles. The molecular formula is C21H29N3O5. The monoisotopic (exact) mass is 403 g/mol. The summed E-state index contributed by atoms with van der Waals surface area (Å²) >= 11 is 0. The number of nitrogens with zero attached hydrogens (tertiary/aromatic N) is 2. The Bertz CT molecular complexity index is 752. The van der Waals surface area contributed by atoms with Crippen LogP contribution in [0.5, 0.6) is 5.75 Å². The molecule has 2 aliphatic rings. The molecule has 1 heterocycles. The van der Waals surface area contributed by atoms with Gasteiger partial charge in [0.15, 0.2) is 12.0 Å². The number of hydrogen-bond donors (Lipinski definition) is 1. The number of piperidine rings is 1. The normalized spacial score (nSPS) is 23.0. The molecule has 1 amide bonds. The first-order valence-corrected chi connectivity index (χ1v) is 10.4. The number of nitro benzene ring substituents is 1. The number of nitro groups is 1. The Morgan fingerprint density at radius 1 is 1.31 bits per heavy atom. The van der Waals surface area contributed by atoms with Crippen molar-refractivity contribution in [2.24, 2.45) is 11.7 Å². The molecule has 0 spiro atoms. The maximum Gasteiger partial charge on any atom is 0.321 e. The number of ether oxygens (including phenoxy) is 1. The molecule has 3 atom stereocenters. The molecule has 1 saturated carbocycles. The van der Waals surface area contributed by atoms with Gasteiger partial charge in [0.2, 0.25) is 5.91 Å². The highest BCUT2D eigenvalue weighted by Crippen LogP contribution is 2.37. The molecule has 8 heteroatoms. The number of hydrogen-bond acceptors (Lipinski definition) is 6. The summed E-state index contributed by atoms with van der Waals surface area (Å²) in [7, 11) is 0. The SMILES string of the molecule is NC(=O)C(CCCOc1cccc(C=O)c1[N+](=O)[O-])N1CCCC2CCCCC21. The van der Waals surface area contributed by atoms with E-state index < -0.39 is 4.92 Å². The van der Waals surface area contributed by atoms with Crippen molar-refractivity contribution in [3.8, 4) is 5.75 Å². The van der Waals surface area contributed by atoms with Crippen molar-refractivity contribution in [1.29, 1.82) is 0 Å². The molecule has 2 N–H and O–H groups in total. The van der Waals surface area contributed by atoms with Crippen molar-refractivity contribution in [3.63, 3.8) is 0 Å². The van der Waals surface area contributed by atoms with Gasteiger partial charge in [-0.05, 0) is 63.1 Å². The topological polar surface area (TPSA) is 116 Å². The summed E-state index contributed by atoms with van der Waals surface area (Å²) in [6, 6.07) is 4.52. The van der Waals surface area contributed by atoms with E-state index in [1.54, 1.807) is 6.07 Å². The van der Waals surface area contributed by atoms with Gasteiger partial charge in [0, 0.05) is 6.04 Å². The maximum absolute atomic E-state index is 12.2. The highest BCUT2D eigenvalue weighted by atomic mass is 16.6. The van der Waals surface area contributed by atoms with Crippen LogP contribution in [0.15, 0.2) is 18.2 Å². The number of carbonyl (C=O) groups is 2. The van der Waals surface area contributed by atoms with Crippen LogP contribution in [-0.4, -0.2) is 47.3 Å². The predicted molar refractivity (Wildman–Crippen MR) is 108 cm³/mol. The molecule has 0 radical (unpaired) electrons. The van der Waals surface area contributed by atoms with Crippen molar-refractivity contribution in [2.45, 2.75) is 63.5 Å². The zero-order valence-corrected chi connectivity index (χ0v) is 16.6. The second kappa shape index (κ2) is 9.82. The molecule has 3 rings (SSSR count). The smallest absolute Gasteiger partial charge is 0.321 e. The highest BCUT2D eigenvalue weighted by Gasteiger charge is 2.38. The van der Waals surface area contributed by atoms with Crippen molar-refractivity contribution in [2.75, 3.05) is 13.2 Å². The largest absolute Gasteiger partial charge is 0.487 e. The lowest BCUT2D eigenvalue weighted by Crippen LogP contribution is -2.55. The van der Waals surface area contributed by atoms with Crippen molar-refractivity contribution < 1.29 is 19.2 Å². The number of likely N-dealkylation sites (tertiary alicyclic amines) is 1. The Morgan fingerprint density at radius 3 is 2.79 bits per heavy atom. The lowest BCUT2D eigenvalue weighted by Gasteiger charge is -2.46. The van der Waals surface area contributed by atoms with E-state index in [-0.39, 0.29) is 35.6 Å². The summed E-state index contributed by atoms with van der Waals surface area (Å²) in [6.45, 7) is 1.11. The van der Waals surface area contributed by atoms with Gasteiger partial charge in [-0.3, -0.25) is 24.6 Å². The van der Waals surface area contributed by atoms with E-state index in [1.807, 2.05) is 0 Å². The minimum absolute atomic E-state index is 0.0147. The van der Waals surface area contributed by atoms with Crippen LogP contribution in [0.2, 0.25) is 0 Å². The van der Waals surface area contributed by atoms with Crippen LogP contribution in [0.3, 0.4) is 0 Å². The van der Waals surface area contributed by atoms with Gasteiger partial charge in [0.05, 0.1) is 23.1 Å². The lowest BCUT2D eigenvalue weighted by molar-refractivity contribution is -0.386. The fraction of sp³-hybridized carbons (Fsp3) is 0.619. The zero-order chi connectivity index (χ0) is 20.8. The Morgan fingerprint density at radius 2 is 2.07 bits per heavy atom. The summed E-state index contributed by atoms with van der Waals surface area (Å²) in [4.78, 5) is 36.2. The fourth-order valence-corrected chi connectivity index (χ4v) is 4.93. The number of nitrogens with two attached hydrogens (primary N) is 1. The third kappa shape index (κ3) is 4.93. The average Bonchev–Trinajstić information content (AvgIpc) is 2.72. The van der Waals surface area contributed by atoms with Crippen LogP contribution in [0.1, 0.15) is 61.7 Å². The van der Waals surface area contributed by atoms with Crippen LogP contribution in [0, 0.1) is 16.0 Å². The van der Waals surface area contributed by atoms with E-state index in [4.69, 9.17) is 10.5 Å². The van der Waals surface area contributed by atoms with Gasteiger partial charge in [-0.15, -0.1) is 0 Å². The van der Waals surface area contributed by atoms with Gasteiger partial charge in [-0.2, -0.15) is 0 Å². The first-order valence-electron chi connectivity index (χ1n) is 10.4. The highest BCUT2D eigenvalue weighted by molar-refractivity contribution is 5.83. The van der Waals surface area contributed by atoms with Crippen LogP contribution < -0.4 is 10.5 Å². The third-order valence-corrected chi connectivity index (χ3v) is 6.23. The van der Waals surface area contributed by atoms with Crippen molar-refractivity contribution in [1.82, 2.24) is 4.90 Å². The molecule has 8 nitrogen and oxygen atoms in total. The summed E-state index contributed by atoms with van der Waals surface area (Å²) in [5.41, 5.74) is 5.40. The van der Waals surface area contributed by atoms with E-state index >= 15 is 0 Å². The molecule has 0 bridgehead atoms. The summed E-state index contributed by atoms with van der Waals surface area (Å²) in [6.07, 6.45) is 8.68. The molecule has 1 saturated heterocycles. The van der Waals surface area contributed by atoms with Crippen LogP contribution in [0.4, 0.5) is 5.69 Å². The molecule has 158 valence electrons. The first kappa shape index (κ1) is 21.2. The molecule has 1 aliphatic carbocycles. The van der Waals surface area contributed by atoms with Gasteiger partial charge < -0.3 is 10.5 Å². The van der Waals surface area contributed by atoms with E-state index in [1.165, 1.54) is 37.8 Å². The van der Waals surface area contributed by atoms with Gasteiger partial charge in [-0.1, -0.05) is 18.9 Å². The fourth-order valence-electron chi connectivity index (χ4n) is 4.93. The molecule has 29 heavy (non-hydrogen) atoms. The predicted octanol–water partition coefficient (Wildman–Crippen LogP) is 3.07. The minimum atomic E-state index is -0.609. The maximum atomic E-state index is 12.2. The molecule has 3 unspecified atom stereocenters. The Balaban J connectivity index is 1.60. The lowest BCUT2D eigenvalue weighted by atomic mass is 9.77. The molecule has 2 fully saturated rings. The number of carbonyl (C=O) groups excluding carboxylic acids is 2. The van der Waals surface area contributed by atoms with E-state index in [0.717, 1.165) is 19.4 Å². The van der Waals surface area contributed by atoms with Crippen molar-refractivity contribution >= 4 is 17.9 Å². The number of benzene rings is 1. The van der Waals surface area contributed by atoms with E-state index in [0.29, 0.717) is 31.1 Å². The van der Waals surface area contributed by atoms with E-state index in [9.17, 15) is 19.7 Å². The Kier molecular flexibility index (Phi) is 7.19. The number of aldehydes is 1. The number of para-hydroxylation sites is 1. The number of fused-ring (bicyclic) bond motifs is 1. The van der Waals surface area contributed by atoms with Gasteiger partial charge in [-0.25, -0.2) is 0 Å². The molecule has 0 aromatic heterocycles. The third-order valence-electron chi connectivity index (χ3n) is 6.23. The average molecular weight is 403 g/mol. The molecule has 1 aromatic rings. The quantitative estimate of drug-likeness (QED) is 0.293. The van der Waals surface area contributed by atoms with E-state index in [2.05, 4.69) is 4.90 Å². The number of primary amides is 1. The second-order valence-corrected chi connectivity index (χ2v) is 7.97. The Hall–Kier alpha value is -2.48.